The highest BCUT2D eigenvalue weighted by atomic mass is 79.9. The summed E-state index contributed by atoms with van der Waals surface area (Å²) in [5.74, 6) is 0.406. The standard InChI is InChI=1S/C14H15BrFNO/c15-13-7-10(16)3-6-12(13)14(18)17(11-4-5-11)8-9-1-2-9/h3,6-7,9,11H,1-2,4-5,8H2. The van der Waals surface area contributed by atoms with Crippen LogP contribution in [0.2, 0.25) is 0 Å². The van der Waals surface area contributed by atoms with Gasteiger partial charge >= 0.3 is 0 Å². The molecule has 0 aromatic heterocycles. The van der Waals surface area contributed by atoms with Gasteiger partial charge in [0.15, 0.2) is 0 Å². The van der Waals surface area contributed by atoms with Crippen LogP contribution in [0.4, 0.5) is 4.39 Å². The first-order valence-electron chi connectivity index (χ1n) is 6.41. The smallest absolute Gasteiger partial charge is 0.255 e. The van der Waals surface area contributed by atoms with Gasteiger partial charge in [-0.05, 0) is 65.7 Å². The number of hydrogen-bond donors (Lipinski definition) is 0. The van der Waals surface area contributed by atoms with Crippen molar-refractivity contribution in [2.45, 2.75) is 31.7 Å². The largest absolute Gasteiger partial charge is 0.335 e. The number of amides is 1. The van der Waals surface area contributed by atoms with Crippen molar-refractivity contribution >= 4 is 21.8 Å². The quantitative estimate of drug-likeness (QED) is 0.832. The molecule has 1 amide bonds. The highest BCUT2D eigenvalue weighted by molar-refractivity contribution is 9.10. The lowest BCUT2D eigenvalue weighted by Crippen LogP contribution is -2.35. The third-order valence-corrected chi connectivity index (χ3v) is 4.22. The molecule has 2 aliphatic carbocycles. The molecular weight excluding hydrogens is 297 g/mol. The molecule has 0 spiro atoms. The molecule has 0 unspecified atom stereocenters. The molecule has 0 bridgehead atoms. The van der Waals surface area contributed by atoms with Crippen LogP contribution >= 0.6 is 15.9 Å². The number of nitrogens with zero attached hydrogens (tertiary/aromatic N) is 1. The van der Waals surface area contributed by atoms with E-state index in [1.807, 2.05) is 4.90 Å². The number of benzene rings is 1. The summed E-state index contributed by atoms with van der Waals surface area (Å²) in [6.45, 7) is 0.868. The number of carbonyl (C=O) groups is 1. The molecular formula is C14H15BrFNO. The number of rotatable bonds is 4. The van der Waals surface area contributed by atoms with Crippen LogP contribution in [-0.2, 0) is 0 Å². The average molecular weight is 312 g/mol. The topological polar surface area (TPSA) is 20.3 Å². The lowest BCUT2D eigenvalue weighted by Gasteiger charge is -2.23. The van der Waals surface area contributed by atoms with Gasteiger partial charge in [0.25, 0.3) is 5.91 Å². The molecule has 2 aliphatic rings. The fourth-order valence-corrected chi connectivity index (χ4v) is 2.70. The van der Waals surface area contributed by atoms with Crippen LogP contribution in [0.1, 0.15) is 36.0 Å². The Kier molecular flexibility index (Phi) is 3.14. The third kappa shape index (κ3) is 2.58. The van der Waals surface area contributed by atoms with Crippen molar-refractivity contribution in [1.82, 2.24) is 4.90 Å². The molecule has 18 heavy (non-hydrogen) atoms. The second kappa shape index (κ2) is 4.65. The van der Waals surface area contributed by atoms with E-state index in [4.69, 9.17) is 0 Å². The third-order valence-electron chi connectivity index (χ3n) is 3.56. The highest BCUT2D eigenvalue weighted by Crippen LogP contribution is 2.36. The monoisotopic (exact) mass is 311 g/mol. The molecule has 0 N–H and O–H groups in total. The van der Waals surface area contributed by atoms with Gasteiger partial charge in [0.05, 0.1) is 5.56 Å². The minimum Gasteiger partial charge on any atom is -0.335 e. The van der Waals surface area contributed by atoms with E-state index in [0.29, 0.717) is 22.0 Å². The van der Waals surface area contributed by atoms with E-state index < -0.39 is 0 Å². The van der Waals surface area contributed by atoms with Crippen LogP contribution in [0.5, 0.6) is 0 Å². The Hall–Kier alpha value is -0.900. The maximum atomic E-state index is 13.0. The molecule has 0 radical (unpaired) electrons. The Morgan fingerprint density at radius 3 is 2.61 bits per heavy atom. The molecule has 3 rings (SSSR count). The zero-order valence-corrected chi connectivity index (χ0v) is 11.6. The van der Waals surface area contributed by atoms with Crippen LogP contribution in [0.15, 0.2) is 22.7 Å². The first-order valence-corrected chi connectivity index (χ1v) is 7.20. The Morgan fingerprint density at radius 2 is 2.06 bits per heavy atom. The Labute approximate surface area is 114 Å². The number of hydrogen-bond acceptors (Lipinski definition) is 1. The first kappa shape index (κ1) is 12.2. The van der Waals surface area contributed by atoms with Gasteiger partial charge in [-0.3, -0.25) is 4.79 Å². The minimum atomic E-state index is -0.321. The maximum absolute atomic E-state index is 13.0. The van der Waals surface area contributed by atoms with E-state index in [1.54, 1.807) is 6.07 Å². The van der Waals surface area contributed by atoms with Gasteiger partial charge < -0.3 is 4.90 Å². The number of halogens is 2. The predicted molar refractivity (Wildman–Crippen MR) is 70.9 cm³/mol. The van der Waals surface area contributed by atoms with E-state index in [1.165, 1.54) is 25.0 Å². The van der Waals surface area contributed by atoms with Gasteiger partial charge in [-0.2, -0.15) is 0 Å². The van der Waals surface area contributed by atoms with Crippen molar-refractivity contribution in [1.29, 1.82) is 0 Å². The van der Waals surface area contributed by atoms with Crippen molar-refractivity contribution in [3.8, 4) is 0 Å². The summed E-state index contributed by atoms with van der Waals surface area (Å²) in [4.78, 5) is 14.5. The molecule has 4 heteroatoms. The predicted octanol–water partition coefficient (Wildman–Crippen LogP) is 3.60. The van der Waals surface area contributed by atoms with Gasteiger partial charge in [-0.1, -0.05) is 0 Å². The van der Waals surface area contributed by atoms with Crippen molar-refractivity contribution in [3.05, 3.63) is 34.1 Å². The highest BCUT2D eigenvalue weighted by Gasteiger charge is 2.37. The van der Waals surface area contributed by atoms with Crippen molar-refractivity contribution in [3.63, 3.8) is 0 Å². The van der Waals surface area contributed by atoms with Gasteiger partial charge in [0.2, 0.25) is 0 Å². The Bertz CT molecular complexity index is 483. The molecule has 0 aliphatic heterocycles. The SMILES string of the molecule is O=C(c1ccc(F)cc1Br)N(CC1CC1)C1CC1. The number of carbonyl (C=O) groups excluding carboxylic acids is 1. The zero-order chi connectivity index (χ0) is 12.7. The first-order chi connectivity index (χ1) is 8.65. The maximum Gasteiger partial charge on any atom is 0.255 e. The van der Waals surface area contributed by atoms with E-state index in [2.05, 4.69) is 15.9 Å². The second-order valence-electron chi connectivity index (χ2n) is 5.26. The molecule has 2 nitrogen and oxygen atoms in total. The van der Waals surface area contributed by atoms with Crippen molar-refractivity contribution in [2.24, 2.45) is 5.92 Å². The van der Waals surface area contributed by atoms with Crippen molar-refractivity contribution < 1.29 is 9.18 Å². The molecule has 1 aromatic carbocycles. The lowest BCUT2D eigenvalue weighted by molar-refractivity contribution is 0.0734. The van der Waals surface area contributed by atoms with E-state index >= 15 is 0 Å². The fraction of sp³-hybridized carbons (Fsp3) is 0.500. The summed E-state index contributed by atoms with van der Waals surface area (Å²) < 4.78 is 13.6. The minimum absolute atomic E-state index is 0.0382. The molecule has 2 saturated carbocycles. The molecule has 1 aromatic rings. The van der Waals surface area contributed by atoms with Gasteiger partial charge in [-0.25, -0.2) is 4.39 Å². The van der Waals surface area contributed by atoms with E-state index in [-0.39, 0.29) is 11.7 Å². The van der Waals surface area contributed by atoms with Crippen LogP contribution in [-0.4, -0.2) is 23.4 Å². The Morgan fingerprint density at radius 1 is 1.33 bits per heavy atom. The second-order valence-corrected chi connectivity index (χ2v) is 6.11. The average Bonchev–Trinajstić information content (AvgIpc) is 3.18. The summed E-state index contributed by atoms with van der Waals surface area (Å²) >= 11 is 3.28. The van der Waals surface area contributed by atoms with E-state index in [9.17, 15) is 9.18 Å². The van der Waals surface area contributed by atoms with Crippen LogP contribution in [0, 0.1) is 11.7 Å². The molecule has 96 valence electrons. The van der Waals surface area contributed by atoms with Gasteiger partial charge in [-0.15, -0.1) is 0 Å². The summed E-state index contributed by atoms with van der Waals surface area (Å²) in [7, 11) is 0. The Balaban J connectivity index is 1.81. The molecule has 0 saturated heterocycles. The van der Waals surface area contributed by atoms with Crippen LogP contribution in [0.3, 0.4) is 0 Å². The lowest BCUT2D eigenvalue weighted by atomic mass is 10.2. The summed E-state index contributed by atoms with van der Waals surface area (Å²) in [6.07, 6.45) is 4.69. The fourth-order valence-electron chi connectivity index (χ4n) is 2.18. The zero-order valence-electron chi connectivity index (χ0n) is 10.0. The summed E-state index contributed by atoms with van der Waals surface area (Å²) in [5, 5.41) is 0. The molecule has 0 atom stereocenters. The summed E-state index contributed by atoms with van der Waals surface area (Å²) in [5.41, 5.74) is 0.573. The van der Waals surface area contributed by atoms with Gasteiger partial charge in [0.1, 0.15) is 5.82 Å². The van der Waals surface area contributed by atoms with Gasteiger partial charge in [0, 0.05) is 17.1 Å². The molecule has 2 fully saturated rings. The van der Waals surface area contributed by atoms with E-state index in [0.717, 1.165) is 19.4 Å². The van der Waals surface area contributed by atoms with Crippen molar-refractivity contribution in [2.75, 3.05) is 6.54 Å². The van der Waals surface area contributed by atoms with Crippen LogP contribution < -0.4 is 0 Å². The summed E-state index contributed by atoms with van der Waals surface area (Å²) in [6, 6.07) is 4.69. The normalized spacial score (nSPS) is 18.8. The molecule has 0 heterocycles. The van der Waals surface area contributed by atoms with Crippen LogP contribution in [0.25, 0.3) is 0 Å².